The number of benzene rings is 1. The highest BCUT2D eigenvalue weighted by molar-refractivity contribution is 5.94. The van der Waals surface area contributed by atoms with Crippen LogP contribution in [0.1, 0.15) is 34.3 Å². The van der Waals surface area contributed by atoms with Crippen molar-refractivity contribution in [3.8, 4) is 5.75 Å². The van der Waals surface area contributed by atoms with Crippen LogP contribution in [0.15, 0.2) is 28.8 Å². The largest absolute Gasteiger partial charge is 0.488 e. The second-order valence-corrected chi connectivity index (χ2v) is 5.92. The molecule has 1 atom stereocenters. The summed E-state index contributed by atoms with van der Waals surface area (Å²) in [5.74, 6) is -0.0170. The molecule has 0 bridgehead atoms. The lowest BCUT2D eigenvalue weighted by atomic mass is 10.2. The summed E-state index contributed by atoms with van der Waals surface area (Å²) in [6.45, 7) is 6.05. The molecule has 0 spiro atoms. The Kier molecular flexibility index (Phi) is 7.36. The van der Waals surface area contributed by atoms with E-state index in [0.717, 1.165) is 11.3 Å². The van der Waals surface area contributed by atoms with E-state index in [-0.39, 0.29) is 12.2 Å². The molecule has 0 unspecified atom stereocenters. The lowest BCUT2D eigenvalue weighted by Gasteiger charge is -2.15. The molecular weight excluding hydrogens is 352 g/mol. The van der Waals surface area contributed by atoms with Gasteiger partial charge in [0.15, 0.2) is 6.10 Å². The lowest BCUT2D eigenvalue weighted by molar-refractivity contribution is -0.129. The van der Waals surface area contributed by atoms with Crippen molar-refractivity contribution in [1.29, 1.82) is 0 Å². The minimum Gasteiger partial charge on any atom is -0.488 e. The Morgan fingerprint density at radius 3 is 2.67 bits per heavy atom. The molecule has 0 aliphatic heterocycles. The van der Waals surface area contributed by atoms with Crippen molar-refractivity contribution in [2.45, 2.75) is 33.5 Å². The van der Waals surface area contributed by atoms with Crippen LogP contribution in [0.5, 0.6) is 5.75 Å². The van der Waals surface area contributed by atoms with Gasteiger partial charge in [-0.25, -0.2) is 4.79 Å². The van der Waals surface area contributed by atoms with E-state index in [0.29, 0.717) is 24.7 Å². The molecule has 0 saturated heterocycles. The van der Waals surface area contributed by atoms with Crippen LogP contribution in [0.25, 0.3) is 0 Å². The molecule has 1 aromatic carbocycles. The minimum absolute atomic E-state index is 0.207. The number of aryl methyl sites for hydroxylation is 2. The van der Waals surface area contributed by atoms with Gasteiger partial charge in [0.1, 0.15) is 23.7 Å². The van der Waals surface area contributed by atoms with E-state index in [9.17, 15) is 9.59 Å². The molecule has 1 amide bonds. The van der Waals surface area contributed by atoms with Gasteiger partial charge in [-0.2, -0.15) is 0 Å². The quantitative estimate of drug-likeness (QED) is 0.529. The summed E-state index contributed by atoms with van der Waals surface area (Å²) >= 11 is 0. The topological polar surface area (TPSA) is 99.9 Å². The average Bonchev–Trinajstić information content (AvgIpc) is 2.98. The third-order valence-electron chi connectivity index (χ3n) is 3.92. The Hall–Kier alpha value is -2.87. The van der Waals surface area contributed by atoms with Crippen LogP contribution in [0.4, 0.5) is 0 Å². The maximum absolute atomic E-state index is 12.5. The first kappa shape index (κ1) is 20.4. The third-order valence-corrected chi connectivity index (χ3v) is 3.92. The van der Waals surface area contributed by atoms with Gasteiger partial charge in [-0.05, 0) is 32.9 Å². The number of aromatic nitrogens is 1. The smallest absolute Gasteiger partial charge is 0.342 e. The first-order valence-corrected chi connectivity index (χ1v) is 8.55. The number of para-hydroxylation sites is 1. The van der Waals surface area contributed by atoms with Gasteiger partial charge >= 0.3 is 5.97 Å². The summed E-state index contributed by atoms with van der Waals surface area (Å²) in [6.07, 6.45) is -0.940. The van der Waals surface area contributed by atoms with Crippen LogP contribution in [-0.2, 0) is 20.9 Å². The van der Waals surface area contributed by atoms with E-state index in [4.69, 9.17) is 18.7 Å². The standard InChI is InChI=1S/C19H24N2O6/c1-12-16(13(2)27-21-12)11-25-17-8-6-5-7-15(17)19(23)26-14(3)18(22)20-9-10-24-4/h5-8,14H,9-11H2,1-4H3,(H,20,22)/t14-/m1/s1. The SMILES string of the molecule is COCCNC(=O)[C@@H](C)OC(=O)c1ccccc1OCc1c(C)noc1C. The van der Waals surface area contributed by atoms with Gasteiger partial charge in [0.2, 0.25) is 0 Å². The molecule has 146 valence electrons. The fraction of sp³-hybridized carbons (Fsp3) is 0.421. The Balaban J connectivity index is 2.01. The molecule has 27 heavy (non-hydrogen) atoms. The van der Waals surface area contributed by atoms with Gasteiger partial charge in [-0.15, -0.1) is 0 Å². The van der Waals surface area contributed by atoms with E-state index < -0.39 is 18.0 Å². The molecule has 0 saturated carbocycles. The zero-order chi connectivity index (χ0) is 19.8. The maximum atomic E-state index is 12.5. The summed E-state index contributed by atoms with van der Waals surface area (Å²) < 4.78 is 21.0. The molecule has 2 rings (SSSR count). The second-order valence-electron chi connectivity index (χ2n) is 5.92. The number of nitrogens with zero attached hydrogens (tertiary/aromatic N) is 1. The summed E-state index contributed by atoms with van der Waals surface area (Å²) in [6, 6.07) is 6.70. The third kappa shape index (κ3) is 5.55. The van der Waals surface area contributed by atoms with Crippen LogP contribution in [0.3, 0.4) is 0 Å². The Morgan fingerprint density at radius 2 is 2.00 bits per heavy atom. The Labute approximate surface area is 157 Å². The zero-order valence-electron chi connectivity index (χ0n) is 15.9. The van der Waals surface area contributed by atoms with Crippen molar-refractivity contribution in [2.24, 2.45) is 0 Å². The van der Waals surface area contributed by atoms with Gasteiger partial charge in [0.05, 0.1) is 17.9 Å². The predicted molar refractivity (Wildman–Crippen MR) is 96.5 cm³/mol. The number of methoxy groups -OCH3 is 1. The van der Waals surface area contributed by atoms with Crippen LogP contribution in [-0.4, -0.2) is 43.4 Å². The van der Waals surface area contributed by atoms with E-state index in [1.807, 2.05) is 6.92 Å². The maximum Gasteiger partial charge on any atom is 0.342 e. The molecule has 1 N–H and O–H groups in total. The number of esters is 1. The van der Waals surface area contributed by atoms with Gasteiger partial charge in [-0.3, -0.25) is 4.79 Å². The van der Waals surface area contributed by atoms with Crippen LogP contribution in [0, 0.1) is 13.8 Å². The molecule has 2 aromatic rings. The molecule has 0 aliphatic carbocycles. The molecular formula is C19H24N2O6. The molecule has 0 radical (unpaired) electrons. The Bertz CT molecular complexity index is 767. The van der Waals surface area contributed by atoms with E-state index in [2.05, 4.69) is 10.5 Å². The molecule has 0 aliphatic rings. The Morgan fingerprint density at radius 1 is 1.26 bits per heavy atom. The summed E-state index contributed by atoms with van der Waals surface area (Å²) in [5.41, 5.74) is 1.79. The van der Waals surface area contributed by atoms with Crippen molar-refractivity contribution >= 4 is 11.9 Å². The molecule has 1 aromatic heterocycles. The first-order chi connectivity index (χ1) is 12.9. The summed E-state index contributed by atoms with van der Waals surface area (Å²) in [4.78, 5) is 24.4. The molecule has 1 heterocycles. The number of carbonyl (C=O) groups excluding carboxylic acids is 2. The number of ether oxygens (including phenoxy) is 3. The number of carbonyl (C=O) groups is 2. The zero-order valence-corrected chi connectivity index (χ0v) is 15.9. The van der Waals surface area contributed by atoms with E-state index in [1.165, 1.54) is 14.0 Å². The van der Waals surface area contributed by atoms with Crippen molar-refractivity contribution in [3.63, 3.8) is 0 Å². The van der Waals surface area contributed by atoms with Gasteiger partial charge in [0.25, 0.3) is 5.91 Å². The van der Waals surface area contributed by atoms with Gasteiger partial charge < -0.3 is 24.1 Å². The van der Waals surface area contributed by atoms with Crippen molar-refractivity contribution in [2.75, 3.05) is 20.3 Å². The fourth-order valence-electron chi connectivity index (χ4n) is 2.32. The summed E-state index contributed by atoms with van der Waals surface area (Å²) in [7, 11) is 1.54. The van der Waals surface area contributed by atoms with Crippen LogP contribution < -0.4 is 10.1 Å². The molecule has 8 heteroatoms. The number of rotatable bonds is 9. The number of amides is 1. The fourth-order valence-corrected chi connectivity index (χ4v) is 2.32. The average molecular weight is 376 g/mol. The van der Waals surface area contributed by atoms with Gasteiger partial charge in [0, 0.05) is 13.7 Å². The minimum atomic E-state index is -0.940. The monoisotopic (exact) mass is 376 g/mol. The highest BCUT2D eigenvalue weighted by atomic mass is 16.6. The van der Waals surface area contributed by atoms with E-state index >= 15 is 0 Å². The highest BCUT2D eigenvalue weighted by Gasteiger charge is 2.21. The lowest BCUT2D eigenvalue weighted by Crippen LogP contribution is -2.37. The van der Waals surface area contributed by atoms with Crippen LogP contribution >= 0.6 is 0 Å². The van der Waals surface area contributed by atoms with Gasteiger partial charge in [-0.1, -0.05) is 17.3 Å². The predicted octanol–water partition coefficient (Wildman–Crippen LogP) is 2.18. The van der Waals surface area contributed by atoms with E-state index in [1.54, 1.807) is 31.2 Å². The van der Waals surface area contributed by atoms with Crippen molar-refractivity contribution < 1.29 is 28.3 Å². The number of hydrogen-bond acceptors (Lipinski definition) is 7. The molecule has 0 fully saturated rings. The van der Waals surface area contributed by atoms with Crippen molar-refractivity contribution in [3.05, 3.63) is 46.8 Å². The summed E-state index contributed by atoms with van der Waals surface area (Å²) in [5, 5.41) is 6.50. The second kappa shape index (κ2) is 9.72. The normalized spacial score (nSPS) is 11.7. The number of nitrogens with one attached hydrogen (secondary N) is 1. The van der Waals surface area contributed by atoms with Crippen molar-refractivity contribution in [1.82, 2.24) is 10.5 Å². The molecule has 8 nitrogen and oxygen atoms in total. The number of hydrogen-bond donors (Lipinski definition) is 1. The first-order valence-electron chi connectivity index (χ1n) is 8.55. The highest BCUT2D eigenvalue weighted by Crippen LogP contribution is 2.22. The van der Waals surface area contributed by atoms with Crippen LogP contribution in [0.2, 0.25) is 0 Å².